The molecule has 0 radical (unpaired) electrons. The van der Waals surface area contributed by atoms with E-state index in [4.69, 9.17) is 4.74 Å². The molecule has 190 valence electrons. The fourth-order valence-electron chi connectivity index (χ4n) is 4.11. The lowest BCUT2D eigenvalue weighted by molar-refractivity contribution is 0.0996. The molecule has 35 heavy (non-hydrogen) atoms. The highest BCUT2D eigenvalue weighted by molar-refractivity contribution is 7.89. The molecule has 0 fully saturated rings. The van der Waals surface area contributed by atoms with Crippen molar-refractivity contribution < 1.29 is 17.9 Å². The summed E-state index contributed by atoms with van der Waals surface area (Å²) in [4.78, 5) is 18.3. The monoisotopic (exact) mass is 517 g/mol. The van der Waals surface area contributed by atoms with Gasteiger partial charge in [0.15, 0.2) is 4.80 Å². The van der Waals surface area contributed by atoms with E-state index >= 15 is 0 Å². The smallest absolute Gasteiger partial charge is 0.279 e. The molecule has 0 bridgehead atoms. The summed E-state index contributed by atoms with van der Waals surface area (Å²) in [5.41, 5.74) is 3.69. The van der Waals surface area contributed by atoms with E-state index < -0.39 is 15.9 Å². The Morgan fingerprint density at radius 1 is 1.06 bits per heavy atom. The molecule has 1 heterocycles. The molecule has 0 spiro atoms. The number of ether oxygens (including phenoxy) is 1. The highest BCUT2D eigenvalue weighted by atomic mass is 32.2. The van der Waals surface area contributed by atoms with Crippen LogP contribution in [-0.4, -0.2) is 49.5 Å². The first-order valence-corrected chi connectivity index (χ1v) is 14.4. The lowest BCUT2D eigenvalue weighted by Gasteiger charge is -2.21. The number of nitrogens with zero attached hydrogens (tertiary/aromatic N) is 3. The van der Waals surface area contributed by atoms with Crippen molar-refractivity contribution in [3.8, 4) is 0 Å². The molecular formula is C26H35N3O4S2. The predicted octanol–water partition coefficient (Wildman–Crippen LogP) is 4.91. The number of hydrogen-bond donors (Lipinski definition) is 0. The van der Waals surface area contributed by atoms with Crippen LogP contribution in [-0.2, 0) is 21.3 Å². The Labute approximate surface area is 212 Å². The predicted molar refractivity (Wildman–Crippen MR) is 141 cm³/mol. The van der Waals surface area contributed by atoms with Gasteiger partial charge in [-0.25, -0.2) is 8.42 Å². The Bertz CT molecular complexity index is 1330. The summed E-state index contributed by atoms with van der Waals surface area (Å²) in [5, 5.41) is 0. The topological polar surface area (TPSA) is 81.0 Å². The first-order valence-electron chi connectivity index (χ1n) is 12.1. The van der Waals surface area contributed by atoms with Gasteiger partial charge in [0.05, 0.1) is 21.7 Å². The van der Waals surface area contributed by atoms with Gasteiger partial charge in [-0.3, -0.25) is 4.79 Å². The molecule has 0 saturated heterocycles. The fourth-order valence-corrected chi connectivity index (χ4v) is 6.96. The van der Waals surface area contributed by atoms with Gasteiger partial charge in [-0.15, -0.1) is 0 Å². The molecule has 3 aromatic rings. The zero-order valence-corrected chi connectivity index (χ0v) is 22.8. The van der Waals surface area contributed by atoms with Crippen molar-refractivity contribution in [3.05, 3.63) is 57.9 Å². The maximum Gasteiger partial charge on any atom is 0.279 e. The molecule has 7 nitrogen and oxygen atoms in total. The number of benzene rings is 2. The van der Waals surface area contributed by atoms with Crippen molar-refractivity contribution >= 4 is 37.5 Å². The normalized spacial score (nSPS) is 12.7. The van der Waals surface area contributed by atoms with Crippen LogP contribution in [0.2, 0.25) is 0 Å². The molecule has 0 aliphatic heterocycles. The second kappa shape index (κ2) is 12.1. The van der Waals surface area contributed by atoms with E-state index in [0.717, 1.165) is 34.2 Å². The van der Waals surface area contributed by atoms with Gasteiger partial charge in [-0.1, -0.05) is 31.3 Å². The van der Waals surface area contributed by atoms with Crippen LogP contribution in [0.3, 0.4) is 0 Å². The minimum atomic E-state index is -3.60. The Kier molecular flexibility index (Phi) is 9.40. The summed E-state index contributed by atoms with van der Waals surface area (Å²) in [6.45, 7) is 12.7. The molecule has 1 amide bonds. The van der Waals surface area contributed by atoms with Gasteiger partial charge < -0.3 is 9.30 Å². The largest absolute Gasteiger partial charge is 0.380 e. The number of fused-ring (bicyclic) bond motifs is 1. The standard InChI is InChI=1S/C26H35N3O4S2/c1-6-13-28(14-7-2)35(31,32)22-11-9-21(10-12-22)25(30)27-26-29(15-16-33-8-3)24-20(5)17-19(4)18-23(24)34-26/h9-12,17-18H,6-8,13-16H2,1-5H3. The zero-order valence-electron chi connectivity index (χ0n) is 21.2. The number of carbonyl (C=O) groups is 1. The Morgan fingerprint density at radius 2 is 1.71 bits per heavy atom. The van der Waals surface area contributed by atoms with E-state index in [-0.39, 0.29) is 4.90 Å². The van der Waals surface area contributed by atoms with Crippen LogP contribution in [0.25, 0.3) is 10.2 Å². The van der Waals surface area contributed by atoms with Crippen molar-refractivity contribution in [2.24, 2.45) is 4.99 Å². The van der Waals surface area contributed by atoms with Crippen LogP contribution in [0.4, 0.5) is 0 Å². The van der Waals surface area contributed by atoms with Crippen molar-refractivity contribution in [1.82, 2.24) is 8.87 Å². The van der Waals surface area contributed by atoms with E-state index in [1.807, 2.05) is 25.3 Å². The van der Waals surface area contributed by atoms with Crippen molar-refractivity contribution in [2.75, 3.05) is 26.3 Å². The Balaban J connectivity index is 1.97. The second-order valence-corrected chi connectivity index (χ2v) is 11.5. The summed E-state index contributed by atoms with van der Waals surface area (Å²) in [6, 6.07) is 10.3. The van der Waals surface area contributed by atoms with E-state index in [0.29, 0.717) is 43.2 Å². The number of hydrogen-bond acceptors (Lipinski definition) is 5. The number of rotatable bonds is 11. The van der Waals surface area contributed by atoms with Gasteiger partial charge >= 0.3 is 0 Å². The molecule has 0 N–H and O–H groups in total. The average Bonchev–Trinajstić information content (AvgIpc) is 3.16. The highest BCUT2D eigenvalue weighted by Crippen LogP contribution is 2.23. The van der Waals surface area contributed by atoms with Crippen LogP contribution in [0, 0.1) is 13.8 Å². The molecule has 0 atom stereocenters. The molecule has 0 unspecified atom stereocenters. The molecule has 2 aromatic carbocycles. The van der Waals surface area contributed by atoms with E-state index in [1.54, 1.807) is 12.1 Å². The molecule has 1 aromatic heterocycles. The van der Waals surface area contributed by atoms with Gasteiger partial charge in [-0.2, -0.15) is 9.30 Å². The molecule has 0 saturated carbocycles. The van der Waals surface area contributed by atoms with Crippen LogP contribution >= 0.6 is 11.3 Å². The molecule has 0 aliphatic carbocycles. The number of aromatic nitrogens is 1. The van der Waals surface area contributed by atoms with Crippen molar-refractivity contribution in [2.45, 2.75) is 58.9 Å². The minimum absolute atomic E-state index is 0.190. The van der Waals surface area contributed by atoms with Crippen molar-refractivity contribution in [3.63, 3.8) is 0 Å². The third-order valence-corrected chi connectivity index (χ3v) is 8.60. The molecule has 9 heteroatoms. The van der Waals surface area contributed by atoms with Gasteiger partial charge in [0.25, 0.3) is 5.91 Å². The third kappa shape index (κ3) is 6.27. The van der Waals surface area contributed by atoms with E-state index in [2.05, 4.69) is 31.0 Å². The SMILES string of the molecule is CCCN(CCC)S(=O)(=O)c1ccc(C(=O)N=c2sc3cc(C)cc(C)c3n2CCOCC)cc1. The number of thiazole rings is 1. The van der Waals surface area contributed by atoms with Gasteiger partial charge in [-0.05, 0) is 75.1 Å². The lowest BCUT2D eigenvalue weighted by Crippen LogP contribution is -2.32. The third-order valence-electron chi connectivity index (χ3n) is 5.66. The molecular weight excluding hydrogens is 482 g/mol. The summed E-state index contributed by atoms with van der Waals surface area (Å²) < 4.78 is 36.2. The van der Waals surface area contributed by atoms with Crippen molar-refractivity contribution in [1.29, 1.82) is 0 Å². The zero-order chi connectivity index (χ0) is 25.6. The van der Waals surface area contributed by atoms with Gasteiger partial charge in [0.1, 0.15) is 0 Å². The van der Waals surface area contributed by atoms with Crippen LogP contribution in [0.5, 0.6) is 0 Å². The quantitative estimate of drug-likeness (QED) is 0.339. The van der Waals surface area contributed by atoms with Crippen LogP contribution < -0.4 is 4.80 Å². The van der Waals surface area contributed by atoms with Crippen LogP contribution in [0.1, 0.15) is 55.1 Å². The number of amides is 1. The highest BCUT2D eigenvalue weighted by Gasteiger charge is 2.23. The Hall–Kier alpha value is -2.33. The maximum atomic E-state index is 13.1. The number of carbonyl (C=O) groups excluding carboxylic acids is 1. The number of aryl methyl sites for hydroxylation is 2. The second-order valence-electron chi connectivity index (χ2n) is 8.51. The summed E-state index contributed by atoms with van der Waals surface area (Å²) in [7, 11) is -3.60. The van der Waals surface area contributed by atoms with E-state index in [9.17, 15) is 13.2 Å². The fraction of sp³-hybridized carbons (Fsp3) is 0.462. The van der Waals surface area contributed by atoms with Crippen LogP contribution in [0.15, 0.2) is 46.3 Å². The lowest BCUT2D eigenvalue weighted by atomic mass is 10.1. The maximum absolute atomic E-state index is 13.1. The molecule has 0 aliphatic rings. The summed E-state index contributed by atoms with van der Waals surface area (Å²) in [6.07, 6.45) is 1.48. The summed E-state index contributed by atoms with van der Waals surface area (Å²) in [5.74, 6) is -0.404. The Morgan fingerprint density at radius 3 is 2.31 bits per heavy atom. The first-order chi connectivity index (χ1) is 16.7. The van der Waals surface area contributed by atoms with Gasteiger partial charge in [0.2, 0.25) is 10.0 Å². The minimum Gasteiger partial charge on any atom is -0.380 e. The number of sulfonamides is 1. The summed E-state index contributed by atoms with van der Waals surface area (Å²) >= 11 is 1.47. The van der Waals surface area contributed by atoms with Gasteiger partial charge in [0, 0.05) is 31.8 Å². The molecule has 3 rings (SSSR count). The average molecular weight is 518 g/mol. The van der Waals surface area contributed by atoms with E-state index in [1.165, 1.54) is 27.8 Å². The first kappa shape index (κ1) is 27.3.